The minimum absolute atomic E-state index is 0.743. The number of rotatable bonds is 2. The van der Waals surface area contributed by atoms with Crippen molar-refractivity contribution in [3.8, 4) is 50.7 Å². The molecular weight excluding hydrogens is 779 g/mol. The van der Waals surface area contributed by atoms with Gasteiger partial charge in [-0.15, -0.1) is 0 Å². The summed E-state index contributed by atoms with van der Waals surface area (Å²) in [5.41, 5.74) is 28.7. The molecular formula is C59H41N5+2. The monoisotopic (exact) mass is 819 g/mol. The molecule has 7 aromatic carbocycles. The molecule has 0 saturated carbocycles. The van der Waals surface area contributed by atoms with Crippen LogP contribution in [0.1, 0.15) is 44.5 Å². The van der Waals surface area contributed by atoms with Gasteiger partial charge in [0.15, 0.2) is 11.4 Å². The zero-order chi connectivity index (χ0) is 42.4. The first kappa shape index (κ1) is 33.8. The molecule has 1 unspecified atom stereocenters. The molecule has 0 aliphatic carbocycles. The average Bonchev–Trinajstić information content (AvgIpc) is 4.00. The second kappa shape index (κ2) is 10.7. The highest BCUT2D eigenvalue weighted by atomic mass is 15.4. The smallest absolute Gasteiger partial charge is 0.308 e. The van der Waals surface area contributed by atoms with E-state index in [0.717, 1.165) is 0 Å². The van der Waals surface area contributed by atoms with Gasteiger partial charge >= 0.3 is 17.0 Å². The van der Waals surface area contributed by atoms with Gasteiger partial charge in [0, 0.05) is 32.7 Å². The van der Waals surface area contributed by atoms with E-state index in [1.807, 2.05) is 0 Å². The predicted molar refractivity (Wildman–Crippen MR) is 260 cm³/mol. The van der Waals surface area contributed by atoms with Gasteiger partial charge in [-0.1, -0.05) is 83.9 Å². The van der Waals surface area contributed by atoms with Crippen LogP contribution in [0.4, 0.5) is 0 Å². The van der Waals surface area contributed by atoms with Crippen LogP contribution in [-0.2, 0) is 5.66 Å². The summed E-state index contributed by atoms with van der Waals surface area (Å²) in [4.78, 5) is 0. The molecule has 1 spiro atoms. The molecule has 4 aliphatic heterocycles. The van der Waals surface area contributed by atoms with Crippen LogP contribution < -0.4 is 9.13 Å². The highest BCUT2D eigenvalue weighted by molar-refractivity contribution is 6.19. The zero-order valence-electron chi connectivity index (χ0n) is 36.5. The molecule has 0 saturated heterocycles. The van der Waals surface area contributed by atoms with Crippen LogP contribution in [0.25, 0.3) is 116 Å². The Morgan fingerprint density at radius 2 is 0.828 bits per heavy atom. The number of aryl methyl sites for hydroxylation is 6. The molecule has 16 rings (SSSR count). The molecule has 0 bridgehead atoms. The van der Waals surface area contributed by atoms with E-state index in [-0.39, 0.29) is 0 Å². The van der Waals surface area contributed by atoms with Gasteiger partial charge in [0.25, 0.3) is 0 Å². The van der Waals surface area contributed by atoms with Crippen LogP contribution in [0.5, 0.6) is 0 Å². The summed E-state index contributed by atoms with van der Waals surface area (Å²) in [5, 5.41) is 7.75. The van der Waals surface area contributed by atoms with Crippen LogP contribution in [0.2, 0.25) is 0 Å². The van der Waals surface area contributed by atoms with Gasteiger partial charge < -0.3 is 4.57 Å². The van der Waals surface area contributed by atoms with E-state index in [1.54, 1.807) is 0 Å². The van der Waals surface area contributed by atoms with Crippen molar-refractivity contribution in [2.45, 2.75) is 47.2 Å². The first-order valence-corrected chi connectivity index (χ1v) is 22.7. The van der Waals surface area contributed by atoms with E-state index in [0.29, 0.717) is 0 Å². The van der Waals surface area contributed by atoms with Gasteiger partial charge in [0.1, 0.15) is 33.5 Å². The fourth-order valence-corrected chi connectivity index (χ4v) is 14.1. The fourth-order valence-electron chi connectivity index (χ4n) is 14.1. The Hall–Kier alpha value is -7.76. The minimum atomic E-state index is -0.743. The molecule has 12 aromatic rings. The second-order valence-corrected chi connectivity index (χ2v) is 19.3. The van der Waals surface area contributed by atoms with Gasteiger partial charge in [0.05, 0.1) is 27.5 Å². The highest BCUT2D eigenvalue weighted by Crippen LogP contribution is 2.59. The van der Waals surface area contributed by atoms with Gasteiger partial charge in [-0.25, -0.2) is 0 Å². The number of fused-ring (bicyclic) bond motifs is 13. The normalized spacial score (nSPS) is 15.7. The first-order chi connectivity index (χ1) is 31.3. The second-order valence-electron chi connectivity index (χ2n) is 19.3. The van der Waals surface area contributed by atoms with Crippen LogP contribution in [0.3, 0.4) is 0 Å². The van der Waals surface area contributed by atoms with E-state index >= 15 is 0 Å². The Labute approximate surface area is 368 Å². The lowest BCUT2D eigenvalue weighted by Crippen LogP contribution is -2.75. The topological polar surface area (TPSA) is 22.5 Å². The summed E-state index contributed by atoms with van der Waals surface area (Å²) >= 11 is 0. The van der Waals surface area contributed by atoms with Crippen molar-refractivity contribution >= 4 is 65.7 Å². The maximum Gasteiger partial charge on any atom is 0.319 e. The molecule has 1 atom stereocenters. The number of aromatic nitrogens is 5. The molecule has 0 radical (unpaired) electrons. The molecule has 0 amide bonds. The SMILES string of the molecule is Cc1cc(C)c(-c2cc3[n+]4c5c2c2ccccc2n5-c2cccc5c2C42c4c(ccc6c7ccccc7n-5c46)-n4c5ccccc5c5c(-c6c(C)cc(C)cc6C)cc-3[n+]2c54)c(C)c1. The Bertz CT molecular complexity index is 4250. The Morgan fingerprint density at radius 1 is 0.391 bits per heavy atom. The van der Waals surface area contributed by atoms with Crippen LogP contribution >= 0.6 is 0 Å². The van der Waals surface area contributed by atoms with Crippen LogP contribution in [0.15, 0.2) is 140 Å². The molecule has 4 aliphatic rings. The van der Waals surface area contributed by atoms with Crippen LogP contribution in [0, 0.1) is 41.5 Å². The van der Waals surface area contributed by atoms with Gasteiger partial charge in [-0.3, -0.25) is 0 Å². The molecule has 9 heterocycles. The van der Waals surface area contributed by atoms with Gasteiger partial charge in [0.2, 0.25) is 0 Å². The summed E-state index contributed by atoms with van der Waals surface area (Å²) in [7, 11) is 0. The number of benzene rings is 7. The molecule has 64 heavy (non-hydrogen) atoms. The number of para-hydroxylation sites is 3. The Balaban J connectivity index is 1.26. The third-order valence-corrected chi connectivity index (χ3v) is 15.8. The zero-order valence-corrected chi connectivity index (χ0v) is 36.5. The molecule has 0 N–H and O–H groups in total. The molecule has 0 fully saturated rings. The molecule has 5 aromatic heterocycles. The standard InChI is InChI=1S/C59H41N5/c1-30-24-32(3)50(33(4)25-30)40-28-48-49-29-41(51-34(5)26-31(2)27-35(51)6)53-39-16-9-12-19-44(39)62-47-23-22-37-36-14-7-10-17-42(36)60-45-20-13-21-46-54(45)59(55(47)56(37)60,64(49)58(53)62)63(48)57-52(40)38-15-8-11-18-43(38)61(46)57/h7-29H,1-6H3/q+2. The summed E-state index contributed by atoms with van der Waals surface area (Å²) in [6, 6.07) is 54.0. The largest absolute Gasteiger partial charge is 0.319 e. The molecule has 5 nitrogen and oxygen atoms in total. The maximum atomic E-state index is 2.81. The third-order valence-electron chi connectivity index (χ3n) is 15.8. The van der Waals surface area contributed by atoms with Gasteiger partial charge in [-0.05, 0) is 142 Å². The predicted octanol–water partition coefficient (Wildman–Crippen LogP) is 13.0. The van der Waals surface area contributed by atoms with Crippen molar-refractivity contribution in [1.29, 1.82) is 0 Å². The average molecular weight is 820 g/mol. The van der Waals surface area contributed by atoms with Crippen molar-refractivity contribution in [3.63, 3.8) is 0 Å². The number of nitrogens with zero attached hydrogens (tertiary/aromatic N) is 5. The maximum absolute atomic E-state index is 2.81. The Kier molecular flexibility index (Phi) is 5.65. The van der Waals surface area contributed by atoms with Crippen LogP contribution in [-0.4, -0.2) is 13.7 Å². The van der Waals surface area contributed by atoms with E-state index in [4.69, 9.17) is 0 Å². The van der Waals surface area contributed by atoms with E-state index in [2.05, 4.69) is 204 Å². The number of hydrogen-bond acceptors (Lipinski definition) is 0. The van der Waals surface area contributed by atoms with E-state index in [9.17, 15) is 0 Å². The fraction of sp³-hybridized carbons (Fsp3) is 0.119. The van der Waals surface area contributed by atoms with Crippen molar-refractivity contribution < 1.29 is 9.13 Å². The highest BCUT2D eigenvalue weighted by Gasteiger charge is 2.69. The Morgan fingerprint density at radius 3 is 1.34 bits per heavy atom. The van der Waals surface area contributed by atoms with E-state index < -0.39 is 5.66 Å². The number of pyridine rings is 2. The summed E-state index contributed by atoms with van der Waals surface area (Å²) in [5.74, 6) is 0. The van der Waals surface area contributed by atoms with Crippen molar-refractivity contribution in [1.82, 2.24) is 13.7 Å². The lowest BCUT2D eigenvalue weighted by Gasteiger charge is -2.39. The number of hydrogen-bond donors (Lipinski definition) is 0. The molecule has 300 valence electrons. The van der Waals surface area contributed by atoms with E-state index in [1.165, 1.54) is 161 Å². The molecule has 5 heteroatoms. The van der Waals surface area contributed by atoms with Crippen molar-refractivity contribution in [2.24, 2.45) is 0 Å². The lowest BCUT2D eigenvalue weighted by atomic mass is 9.80. The lowest BCUT2D eigenvalue weighted by molar-refractivity contribution is -0.920. The minimum Gasteiger partial charge on any atom is -0.308 e. The van der Waals surface area contributed by atoms with Crippen molar-refractivity contribution in [2.75, 3.05) is 0 Å². The van der Waals surface area contributed by atoms with Crippen molar-refractivity contribution in [3.05, 3.63) is 184 Å². The van der Waals surface area contributed by atoms with Gasteiger partial charge in [-0.2, -0.15) is 18.3 Å². The summed E-state index contributed by atoms with van der Waals surface area (Å²) < 4.78 is 13.5. The summed E-state index contributed by atoms with van der Waals surface area (Å²) in [6.07, 6.45) is 0. The first-order valence-electron chi connectivity index (χ1n) is 22.7. The quantitative estimate of drug-likeness (QED) is 0.155. The third kappa shape index (κ3) is 3.41. The summed E-state index contributed by atoms with van der Waals surface area (Å²) in [6.45, 7) is 13.7.